The first-order chi connectivity index (χ1) is 10.4. The fraction of sp³-hybridized carbons (Fsp3) is 0.500. The molecule has 0 spiro atoms. The lowest BCUT2D eigenvalue weighted by atomic mass is 9.90. The maximum atomic E-state index is 4.39. The molecule has 3 heterocycles. The monoisotopic (exact) mass is 281 g/mol. The molecule has 1 aliphatic heterocycles. The summed E-state index contributed by atoms with van der Waals surface area (Å²) in [5, 5.41) is 0. The molecule has 2 aliphatic rings. The molecule has 2 aromatic heterocycles. The zero-order valence-electron chi connectivity index (χ0n) is 12.0. The van der Waals surface area contributed by atoms with Gasteiger partial charge in [-0.2, -0.15) is 0 Å². The first kappa shape index (κ1) is 12.7. The molecule has 0 bridgehead atoms. The number of rotatable bonds is 3. The van der Waals surface area contributed by atoms with Crippen molar-refractivity contribution in [2.75, 3.05) is 18.0 Å². The van der Waals surface area contributed by atoms with Crippen molar-refractivity contribution in [1.82, 2.24) is 19.9 Å². The molecule has 0 N–H and O–H groups in total. The van der Waals surface area contributed by atoms with Crippen molar-refractivity contribution in [1.29, 1.82) is 0 Å². The van der Waals surface area contributed by atoms with Crippen molar-refractivity contribution in [2.24, 2.45) is 17.8 Å². The van der Waals surface area contributed by atoms with Crippen LogP contribution in [0.15, 0.2) is 37.2 Å². The first-order valence-corrected chi connectivity index (χ1v) is 7.66. The Kier molecular flexibility index (Phi) is 3.25. The van der Waals surface area contributed by atoms with Gasteiger partial charge in [0, 0.05) is 31.9 Å². The molecule has 0 aromatic carbocycles. The molecule has 4 rings (SSSR count). The molecular formula is C16H19N5. The molecule has 3 atom stereocenters. The van der Waals surface area contributed by atoms with Gasteiger partial charge >= 0.3 is 0 Å². The molecule has 5 heteroatoms. The number of anilines is 1. The third-order valence-electron chi connectivity index (χ3n) is 4.98. The van der Waals surface area contributed by atoms with Gasteiger partial charge in [-0.15, -0.1) is 0 Å². The van der Waals surface area contributed by atoms with Crippen LogP contribution in [-0.2, 0) is 6.42 Å². The number of fused-ring (bicyclic) bond motifs is 1. The summed E-state index contributed by atoms with van der Waals surface area (Å²) >= 11 is 0. The lowest BCUT2D eigenvalue weighted by Crippen LogP contribution is -2.23. The maximum Gasteiger partial charge on any atom is 0.128 e. The summed E-state index contributed by atoms with van der Waals surface area (Å²) in [5.74, 6) is 3.27. The van der Waals surface area contributed by atoms with Crippen LogP contribution in [0.5, 0.6) is 0 Å². The molecule has 21 heavy (non-hydrogen) atoms. The second kappa shape index (κ2) is 5.39. The third kappa shape index (κ3) is 2.48. The van der Waals surface area contributed by atoms with Crippen molar-refractivity contribution in [3.63, 3.8) is 0 Å². The van der Waals surface area contributed by atoms with Gasteiger partial charge in [0.2, 0.25) is 0 Å². The minimum absolute atomic E-state index is 0.715. The minimum atomic E-state index is 0.715. The van der Waals surface area contributed by atoms with E-state index in [1.807, 2.05) is 30.9 Å². The predicted octanol–water partition coefficient (Wildman–Crippen LogP) is 1.97. The summed E-state index contributed by atoms with van der Waals surface area (Å²) in [4.78, 5) is 19.5. The Labute approximate surface area is 124 Å². The standard InChI is InChI=1S/C16H19N5/c1-4-19-16(20-5-1)6-12-2-3-13-9-21(10-15(12)13)14-7-17-11-18-8-14/h1,4-5,7-8,11-13,15H,2-3,6,9-10H2/t12-,13-,15-/m1/s1. The third-order valence-corrected chi connectivity index (χ3v) is 4.98. The average Bonchev–Trinajstić information content (AvgIpc) is 3.11. The molecule has 0 radical (unpaired) electrons. The smallest absolute Gasteiger partial charge is 0.128 e. The molecule has 5 nitrogen and oxygen atoms in total. The van der Waals surface area contributed by atoms with Crippen LogP contribution in [0.1, 0.15) is 18.7 Å². The molecule has 108 valence electrons. The van der Waals surface area contributed by atoms with Gasteiger partial charge in [-0.1, -0.05) is 0 Å². The summed E-state index contributed by atoms with van der Waals surface area (Å²) in [6, 6.07) is 1.88. The average molecular weight is 281 g/mol. The van der Waals surface area contributed by atoms with Crippen LogP contribution in [0.25, 0.3) is 0 Å². The van der Waals surface area contributed by atoms with Crippen LogP contribution in [0, 0.1) is 17.8 Å². The Morgan fingerprint density at radius 3 is 2.67 bits per heavy atom. The quantitative estimate of drug-likeness (QED) is 0.861. The van der Waals surface area contributed by atoms with E-state index in [4.69, 9.17) is 0 Å². The molecule has 1 saturated heterocycles. The van der Waals surface area contributed by atoms with Gasteiger partial charge in [0.25, 0.3) is 0 Å². The SMILES string of the molecule is c1cnc(C[C@H]2CC[C@@H]3CN(c4cncnc4)C[C@H]23)nc1. The summed E-state index contributed by atoms with van der Waals surface area (Å²) in [6.45, 7) is 2.26. The van der Waals surface area contributed by atoms with Crippen LogP contribution in [-0.4, -0.2) is 33.0 Å². The highest BCUT2D eigenvalue weighted by molar-refractivity contribution is 5.43. The van der Waals surface area contributed by atoms with Crippen LogP contribution in [0.4, 0.5) is 5.69 Å². The van der Waals surface area contributed by atoms with E-state index < -0.39 is 0 Å². The van der Waals surface area contributed by atoms with E-state index >= 15 is 0 Å². The van der Waals surface area contributed by atoms with Gasteiger partial charge in [0.1, 0.15) is 12.2 Å². The van der Waals surface area contributed by atoms with Crippen molar-refractivity contribution in [2.45, 2.75) is 19.3 Å². The molecule has 2 aromatic rings. The van der Waals surface area contributed by atoms with Gasteiger partial charge in [-0.25, -0.2) is 19.9 Å². The molecule has 2 fully saturated rings. The molecule has 0 amide bonds. The lowest BCUT2D eigenvalue weighted by Gasteiger charge is -2.21. The van der Waals surface area contributed by atoms with E-state index in [0.29, 0.717) is 5.92 Å². The van der Waals surface area contributed by atoms with Gasteiger partial charge in [0.15, 0.2) is 0 Å². The Morgan fingerprint density at radius 1 is 1.05 bits per heavy atom. The van der Waals surface area contributed by atoms with Crippen LogP contribution < -0.4 is 4.90 Å². The zero-order chi connectivity index (χ0) is 14.1. The van der Waals surface area contributed by atoms with E-state index in [1.54, 1.807) is 6.33 Å². The van der Waals surface area contributed by atoms with Crippen LogP contribution in [0.2, 0.25) is 0 Å². The second-order valence-corrected chi connectivity index (χ2v) is 6.13. The molecule has 1 aliphatic carbocycles. The number of nitrogens with zero attached hydrogens (tertiary/aromatic N) is 5. The summed E-state index contributed by atoms with van der Waals surface area (Å²) in [7, 11) is 0. The Hall–Kier alpha value is -2.04. The van der Waals surface area contributed by atoms with Crippen molar-refractivity contribution in [3.8, 4) is 0 Å². The minimum Gasteiger partial charge on any atom is -0.368 e. The highest BCUT2D eigenvalue weighted by atomic mass is 15.2. The molecule has 0 unspecified atom stereocenters. The summed E-state index contributed by atoms with van der Waals surface area (Å²) < 4.78 is 0. The van der Waals surface area contributed by atoms with Crippen molar-refractivity contribution >= 4 is 5.69 Å². The van der Waals surface area contributed by atoms with E-state index in [0.717, 1.165) is 42.9 Å². The Bertz CT molecular complexity index is 588. The van der Waals surface area contributed by atoms with Gasteiger partial charge in [-0.05, 0) is 36.7 Å². The first-order valence-electron chi connectivity index (χ1n) is 7.66. The number of hydrogen-bond donors (Lipinski definition) is 0. The normalized spacial score (nSPS) is 27.8. The van der Waals surface area contributed by atoms with Crippen molar-refractivity contribution < 1.29 is 0 Å². The predicted molar refractivity (Wildman–Crippen MR) is 79.7 cm³/mol. The fourth-order valence-corrected chi connectivity index (χ4v) is 3.97. The van der Waals surface area contributed by atoms with Crippen molar-refractivity contribution in [3.05, 3.63) is 43.0 Å². The summed E-state index contributed by atoms with van der Waals surface area (Å²) in [5.41, 5.74) is 1.15. The number of hydrogen-bond acceptors (Lipinski definition) is 5. The highest BCUT2D eigenvalue weighted by Gasteiger charge is 2.42. The summed E-state index contributed by atoms with van der Waals surface area (Å²) in [6.07, 6.45) is 12.8. The second-order valence-electron chi connectivity index (χ2n) is 6.13. The van der Waals surface area contributed by atoms with Gasteiger partial charge in [-0.3, -0.25) is 0 Å². The molecule has 1 saturated carbocycles. The maximum absolute atomic E-state index is 4.39. The molecular weight excluding hydrogens is 262 g/mol. The van der Waals surface area contributed by atoms with Gasteiger partial charge in [0.05, 0.1) is 18.1 Å². The van der Waals surface area contributed by atoms with Gasteiger partial charge < -0.3 is 4.90 Å². The largest absolute Gasteiger partial charge is 0.368 e. The van der Waals surface area contributed by atoms with E-state index in [2.05, 4.69) is 24.8 Å². The van der Waals surface area contributed by atoms with Crippen LogP contribution >= 0.6 is 0 Å². The van der Waals surface area contributed by atoms with E-state index in [1.165, 1.54) is 12.8 Å². The Morgan fingerprint density at radius 2 is 1.86 bits per heavy atom. The fourth-order valence-electron chi connectivity index (χ4n) is 3.97. The topological polar surface area (TPSA) is 54.8 Å². The van der Waals surface area contributed by atoms with Crippen LogP contribution in [0.3, 0.4) is 0 Å². The zero-order valence-corrected chi connectivity index (χ0v) is 12.0. The van der Waals surface area contributed by atoms with E-state index in [-0.39, 0.29) is 0 Å². The van der Waals surface area contributed by atoms with E-state index in [9.17, 15) is 0 Å². The number of aromatic nitrogens is 4. The Balaban J connectivity index is 1.46. The lowest BCUT2D eigenvalue weighted by molar-refractivity contribution is 0.370. The highest BCUT2D eigenvalue weighted by Crippen LogP contribution is 2.44.